The van der Waals surface area contributed by atoms with Crippen LogP contribution in [-0.4, -0.2) is 18.9 Å². The molecule has 0 aliphatic heterocycles. The van der Waals surface area contributed by atoms with Crippen LogP contribution in [-0.2, 0) is 22.3 Å². The number of aromatic nitrogens is 1. The average Bonchev–Trinajstić information content (AvgIpc) is 2.96. The van der Waals surface area contributed by atoms with E-state index in [4.69, 9.17) is 5.14 Å². The van der Waals surface area contributed by atoms with Crippen LogP contribution in [0, 0.1) is 0 Å². The van der Waals surface area contributed by atoms with Gasteiger partial charge in [0.2, 0.25) is 10.0 Å². The Morgan fingerprint density at radius 2 is 2.05 bits per heavy atom. The lowest BCUT2D eigenvalue weighted by molar-refractivity contribution is 0.425. The van der Waals surface area contributed by atoms with Crippen LogP contribution in [0.2, 0.25) is 0 Å². The molecule has 1 aliphatic rings. The molecule has 0 unspecified atom stereocenters. The van der Waals surface area contributed by atoms with Crippen LogP contribution < -0.4 is 10.5 Å². The molecule has 1 fully saturated rings. The first-order valence-electron chi connectivity index (χ1n) is 6.38. The zero-order chi connectivity index (χ0) is 14.3. The normalized spacial score (nSPS) is 16.8. The van der Waals surface area contributed by atoms with E-state index < -0.39 is 10.0 Å². The molecule has 1 heterocycles. The summed E-state index contributed by atoms with van der Waals surface area (Å²) in [5.74, 6) is 0.356. The molecule has 0 amide bonds. The molecule has 1 saturated carbocycles. The zero-order valence-corrected chi connectivity index (χ0v) is 13.2. The van der Waals surface area contributed by atoms with Crippen molar-refractivity contribution in [1.82, 2.24) is 10.3 Å². The highest BCUT2D eigenvalue weighted by Crippen LogP contribution is 2.42. The fraction of sp³-hybridized carbons (Fsp3) is 0.750. The maximum absolute atomic E-state index is 11.2. The fourth-order valence-corrected chi connectivity index (χ4v) is 3.82. The molecule has 1 aliphatic carbocycles. The Morgan fingerprint density at radius 1 is 1.42 bits per heavy atom. The van der Waals surface area contributed by atoms with Crippen molar-refractivity contribution < 1.29 is 8.42 Å². The second kappa shape index (κ2) is 5.12. The Kier molecular flexibility index (Phi) is 4.02. The molecule has 1 aromatic heterocycles. The van der Waals surface area contributed by atoms with Crippen molar-refractivity contribution in [2.24, 2.45) is 5.14 Å². The second-order valence-corrected chi connectivity index (χ2v) is 8.88. The van der Waals surface area contributed by atoms with E-state index in [1.165, 1.54) is 11.3 Å². The molecule has 3 N–H and O–H groups in total. The van der Waals surface area contributed by atoms with Gasteiger partial charge in [-0.05, 0) is 33.6 Å². The maximum atomic E-state index is 11.2. The summed E-state index contributed by atoms with van der Waals surface area (Å²) in [5, 5.41) is 9.12. The summed E-state index contributed by atoms with van der Waals surface area (Å²) in [6.45, 7) is 7.06. The smallest absolute Gasteiger partial charge is 0.215 e. The standard InChI is InChI=1S/C12H21N3O2S2/c1-12(2,3)14-6-9-11(8-4-5-8)15-10(18-9)7-19(13,16)17/h8,14H,4-7H2,1-3H3,(H2,13,16,17). The first-order chi connectivity index (χ1) is 8.64. The van der Waals surface area contributed by atoms with Gasteiger partial charge in [-0.15, -0.1) is 11.3 Å². The van der Waals surface area contributed by atoms with Gasteiger partial charge in [-0.2, -0.15) is 0 Å². The fourth-order valence-electron chi connectivity index (χ4n) is 1.80. The van der Waals surface area contributed by atoms with E-state index in [2.05, 4.69) is 31.1 Å². The highest BCUT2D eigenvalue weighted by molar-refractivity contribution is 7.88. The van der Waals surface area contributed by atoms with E-state index in [9.17, 15) is 8.42 Å². The van der Waals surface area contributed by atoms with Crippen molar-refractivity contribution in [3.63, 3.8) is 0 Å². The minimum absolute atomic E-state index is 0.0327. The molecule has 0 aromatic carbocycles. The van der Waals surface area contributed by atoms with Crippen molar-refractivity contribution >= 4 is 21.4 Å². The number of primary sulfonamides is 1. The minimum atomic E-state index is -3.50. The first kappa shape index (κ1) is 14.9. The molecule has 1 aromatic rings. The molecule has 7 heteroatoms. The van der Waals surface area contributed by atoms with Crippen molar-refractivity contribution in [2.45, 2.75) is 57.4 Å². The third-order valence-electron chi connectivity index (χ3n) is 2.84. The van der Waals surface area contributed by atoms with Gasteiger partial charge in [0, 0.05) is 22.9 Å². The van der Waals surface area contributed by atoms with Crippen molar-refractivity contribution in [1.29, 1.82) is 0 Å². The highest BCUT2D eigenvalue weighted by atomic mass is 32.2. The Balaban J connectivity index is 2.16. The predicted molar refractivity (Wildman–Crippen MR) is 77.5 cm³/mol. The molecular formula is C12H21N3O2S2. The molecular weight excluding hydrogens is 282 g/mol. The van der Waals surface area contributed by atoms with E-state index >= 15 is 0 Å². The number of nitrogens with two attached hydrogens (primary N) is 1. The van der Waals surface area contributed by atoms with E-state index in [-0.39, 0.29) is 11.3 Å². The summed E-state index contributed by atoms with van der Waals surface area (Å²) in [4.78, 5) is 5.63. The van der Waals surface area contributed by atoms with Gasteiger partial charge in [0.15, 0.2) is 0 Å². The molecule has 0 radical (unpaired) electrons. The van der Waals surface area contributed by atoms with Gasteiger partial charge < -0.3 is 5.32 Å². The van der Waals surface area contributed by atoms with Crippen molar-refractivity contribution in [3.8, 4) is 0 Å². The zero-order valence-electron chi connectivity index (χ0n) is 11.6. The molecule has 5 nitrogen and oxygen atoms in total. The topological polar surface area (TPSA) is 85.1 Å². The molecule has 2 rings (SSSR count). The Labute approximate surface area is 118 Å². The molecule has 108 valence electrons. The van der Waals surface area contributed by atoms with Gasteiger partial charge >= 0.3 is 0 Å². The van der Waals surface area contributed by atoms with Gasteiger partial charge in [-0.25, -0.2) is 18.5 Å². The van der Waals surface area contributed by atoms with Gasteiger partial charge in [0.1, 0.15) is 10.8 Å². The number of hydrogen-bond donors (Lipinski definition) is 2. The van der Waals surface area contributed by atoms with Crippen LogP contribution in [0.25, 0.3) is 0 Å². The van der Waals surface area contributed by atoms with Crippen LogP contribution in [0.5, 0.6) is 0 Å². The average molecular weight is 303 g/mol. The van der Waals surface area contributed by atoms with E-state index in [0.29, 0.717) is 10.9 Å². The molecule has 0 bridgehead atoms. The molecule has 19 heavy (non-hydrogen) atoms. The van der Waals surface area contributed by atoms with Crippen molar-refractivity contribution in [2.75, 3.05) is 0 Å². The van der Waals surface area contributed by atoms with E-state index in [1.807, 2.05) is 0 Å². The number of sulfonamides is 1. The summed E-state index contributed by atoms with van der Waals surface area (Å²) in [5.41, 5.74) is 1.10. The number of hydrogen-bond acceptors (Lipinski definition) is 5. The summed E-state index contributed by atoms with van der Waals surface area (Å²) < 4.78 is 22.3. The Bertz CT molecular complexity index is 554. The third-order valence-corrected chi connectivity index (χ3v) is 4.77. The lowest BCUT2D eigenvalue weighted by Gasteiger charge is -2.20. The van der Waals surface area contributed by atoms with E-state index in [1.54, 1.807) is 0 Å². The van der Waals surface area contributed by atoms with Crippen LogP contribution in [0.15, 0.2) is 0 Å². The first-order valence-corrected chi connectivity index (χ1v) is 8.91. The lowest BCUT2D eigenvalue weighted by Crippen LogP contribution is -2.35. The third kappa shape index (κ3) is 4.83. The van der Waals surface area contributed by atoms with Crippen LogP contribution in [0.4, 0.5) is 0 Å². The van der Waals surface area contributed by atoms with Crippen LogP contribution >= 0.6 is 11.3 Å². The number of rotatable bonds is 5. The summed E-state index contributed by atoms with van der Waals surface area (Å²) in [6, 6.07) is 0. The second-order valence-electron chi connectivity index (χ2n) is 6.10. The quantitative estimate of drug-likeness (QED) is 0.867. The molecule has 0 saturated heterocycles. The SMILES string of the molecule is CC(C)(C)NCc1sc(CS(N)(=O)=O)nc1C1CC1. The van der Waals surface area contributed by atoms with Gasteiger partial charge in [-0.3, -0.25) is 0 Å². The monoisotopic (exact) mass is 303 g/mol. The largest absolute Gasteiger partial charge is 0.307 e. The van der Waals surface area contributed by atoms with Crippen molar-refractivity contribution in [3.05, 3.63) is 15.6 Å². The van der Waals surface area contributed by atoms with E-state index in [0.717, 1.165) is 30.0 Å². The molecule has 0 spiro atoms. The summed E-state index contributed by atoms with van der Waals surface area (Å²) >= 11 is 1.46. The Hall–Kier alpha value is -0.500. The summed E-state index contributed by atoms with van der Waals surface area (Å²) in [7, 11) is -3.50. The Morgan fingerprint density at radius 3 is 2.53 bits per heavy atom. The lowest BCUT2D eigenvalue weighted by atomic mass is 10.1. The highest BCUT2D eigenvalue weighted by Gasteiger charge is 2.30. The maximum Gasteiger partial charge on any atom is 0.215 e. The van der Waals surface area contributed by atoms with Crippen LogP contribution in [0.3, 0.4) is 0 Å². The number of nitrogens with zero attached hydrogens (tertiary/aromatic N) is 1. The number of nitrogens with one attached hydrogen (secondary N) is 1. The van der Waals surface area contributed by atoms with Crippen LogP contribution in [0.1, 0.15) is 55.1 Å². The predicted octanol–water partition coefficient (Wildman–Crippen LogP) is 1.70. The van der Waals surface area contributed by atoms with Gasteiger partial charge in [-0.1, -0.05) is 0 Å². The number of thiazole rings is 1. The molecule has 0 atom stereocenters. The minimum Gasteiger partial charge on any atom is -0.307 e. The summed E-state index contributed by atoms with van der Waals surface area (Å²) in [6.07, 6.45) is 2.31. The van der Waals surface area contributed by atoms with Gasteiger partial charge in [0.25, 0.3) is 0 Å². The van der Waals surface area contributed by atoms with Gasteiger partial charge in [0.05, 0.1) is 5.69 Å².